The SMILES string of the molecule is C=CCOC(=O)N1C[C@@H]2C[C@H]1C[C@H]2C(=O)O. The molecule has 0 unspecified atom stereocenters. The van der Waals surface area contributed by atoms with Crippen molar-refractivity contribution in [3.8, 4) is 0 Å². The second-order valence-corrected chi connectivity index (χ2v) is 4.35. The van der Waals surface area contributed by atoms with Crippen LogP contribution in [0.3, 0.4) is 0 Å². The smallest absolute Gasteiger partial charge is 0.410 e. The predicted molar refractivity (Wildman–Crippen MR) is 55.9 cm³/mol. The molecule has 0 spiro atoms. The molecular formula is C11H15NO4. The van der Waals surface area contributed by atoms with Crippen LogP contribution in [0.1, 0.15) is 12.8 Å². The predicted octanol–water partition coefficient (Wildman–Crippen LogP) is 1.10. The number of carboxylic acids is 1. The molecule has 2 rings (SSSR count). The Morgan fingerprint density at radius 1 is 1.50 bits per heavy atom. The molecule has 0 aromatic heterocycles. The molecule has 1 N–H and O–H groups in total. The fourth-order valence-electron chi connectivity index (χ4n) is 2.69. The van der Waals surface area contributed by atoms with Crippen molar-refractivity contribution >= 4 is 12.1 Å². The lowest BCUT2D eigenvalue weighted by atomic mass is 9.95. The first-order chi connectivity index (χ1) is 7.63. The van der Waals surface area contributed by atoms with Crippen molar-refractivity contribution in [1.82, 2.24) is 4.90 Å². The molecule has 2 bridgehead atoms. The average Bonchev–Trinajstić information content (AvgIpc) is 2.84. The van der Waals surface area contributed by atoms with Crippen LogP contribution in [-0.4, -0.2) is 41.3 Å². The van der Waals surface area contributed by atoms with E-state index >= 15 is 0 Å². The molecule has 0 radical (unpaired) electrons. The van der Waals surface area contributed by atoms with Crippen LogP contribution in [0.25, 0.3) is 0 Å². The number of carboxylic acid groups (broad SMARTS) is 1. The van der Waals surface area contributed by atoms with E-state index in [1.165, 1.54) is 6.08 Å². The van der Waals surface area contributed by atoms with Crippen LogP contribution in [0.5, 0.6) is 0 Å². The fraction of sp³-hybridized carbons (Fsp3) is 0.636. The van der Waals surface area contributed by atoms with E-state index in [4.69, 9.17) is 9.84 Å². The van der Waals surface area contributed by atoms with Crippen molar-refractivity contribution in [2.24, 2.45) is 11.8 Å². The number of carbonyl (C=O) groups excluding carboxylic acids is 1. The van der Waals surface area contributed by atoms with Crippen molar-refractivity contribution < 1.29 is 19.4 Å². The van der Waals surface area contributed by atoms with E-state index in [0.29, 0.717) is 13.0 Å². The Morgan fingerprint density at radius 3 is 2.75 bits per heavy atom. The maximum Gasteiger partial charge on any atom is 0.410 e. The highest BCUT2D eigenvalue weighted by Gasteiger charge is 2.49. The largest absolute Gasteiger partial charge is 0.481 e. The number of fused-ring (bicyclic) bond motifs is 2. The number of amides is 1. The Bertz CT molecular complexity index is 328. The molecule has 1 amide bonds. The molecule has 0 aromatic carbocycles. The van der Waals surface area contributed by atoms with Gasteiger partial charge in [0.2, 0.25) is 0 Å². The van der Waals surface area contributed by atoms with Gasteiger partial charge in [0.05, 0.1) is 5.92 Å². The molecule has 16 heavy (non-hydrogen) atoms. The van der Waals surface area contributed by atoms with Gasteiger partial charge in [0, 0.05) is 12.6 Å². The van der Waals surface area contributed by atoms with Gasteiger partial charge in [-0.1, -0.05) is 12.7 Å². The second kappa shape index (κ2) is 4.15. The topological polar surface area (TPSA) is 66.8 Å². The Balaban J connectivity index is 1.92. The summed E-state index contributed by atoms with van der Waals surface area (Å²) in [7, 11) is 0. The monoisotopic (exact) mass is 225 g/mol. The molecule has 2 fully saturated rings. The Labute approximate surface area is 93.7 Å². The minimum atomic E-state index is -0.744. The molecule has 88 valence electrons. The van der Waals surface area contributed by atoms with Gasteiger partial charge in [-0.3, -0.25) is 4.79 Å². The van der Waals surface area contributed by atoms with Gasteiger partial charge in [-0.25, -0.2) is 4.79 Å². The summed E-state index contributed by atoms with van der Waals surface area (Å²) in [6.07, 6.45) is 2.52. The molecule has 0 aromatic rings. The maximum absolute atomic E-state index is 11.6. The van der Waals surface area contributed by atoms with Gasteiger partial charge in [-0.15, -0.1) is 0 Å². The molecular weight excluding hydrogens is 210 g/mol. The lowest BCUT2D eigenvalue weighted by Gasteiger charge is -2.28. The number of likely N-dealkylation sites (tertiary alicyclic amines) is 1. The van der Waals surface area contributed by atoms with Gasteiger partial charge in [0.25, 0.3) is 0 Å². The maximum atomic E-state index is 11.6. The minimum Gasteiger partial charge on any atom is -0.481 e. The molecule has 5 nitrogen and oxygen atoms in total. The summed E-state index contributed by atoms with van der Waals surface area (Å²) in [6.45, 7) is 4.18. The van der Waals surface area contributed by atoms with Crippen molar-refractivity contribution in [3.63, 3.8) is 0 Å². The first kappa shape index (κ1) is 11.0. The van der Waals surface area contributed by atoms with Crippen LogP contribution >= 0.6 is 0 Å². The highest BCUT2D eigenvalue weighted by atomic mass is 16.6. The number of hydrogen-bond donors (Lipinski definition) is 1. The van der Waals surface area contributed by atoms with Gasteiger partial charge in [0.15, 0.2) is 0 Å². The molecule has 1 heterocycles. The zero-order valence-corrected chi connectivity index (χ0v) is 8.96. The molecule has 1 aliphatic carbocycles. The van der Waals surface area contributed by atoms with E-state index < -0.39 is 5.97 Å². The Hall–Kier alpha value is -1.52. The van der Waals surface area contributed by atoms with Crippen LogP contribution in [0, 0.1) is 11.8 Å². The van der Waals surface area contributed by atoms with Crippen LogP contribution in [-0.2, 0) is 9.53 Å². The van der Waals surface area contributed by atoms with Gasteiger partial charge in [-0.2, -0.15) is 0 Å². The standard InChI is InChI=1S/C11H15NO4/c1-2-3-16-11(15)12-6-7-4-8(12)5-9(7)10(13)14/h2,7-9H,1,3-6H2,(H,13,14)/t7-,8-,9+/m0/s1. The van der Waals surface area contributed by atoms with E-state index in [1.54, 1.807) is 4.90 Å². The first-order valence-electron chi connectivity index (χ1n) is 5.40. The highest BCUT2D eigenvalue weighted by Crippen LogP contribution is 2.42. The van der Waals surface area contributed by atoms with Gasteiger partial charge < -0.3 is 14.7 Å². The third kappa shape index (κ3) is 1.77. The minimum absolute atomic E-state index is 0.0448. The molecule has 3 atom stereocenters. The summed E-state index contributed by atoms with van der Waals surface area (Å²) in [4.78, 5) is 24.1. The number of ether oxygens (including phenoxy) is 1. The van der Waals surface area contributed by atoms with Crippen molar-refractivity contribution in [2.75, 3.05) is 13.2 Å². The Morgan fingerprint density at radius 2 is 2.25 bits per heavy atom. The first-order valence-corrected chi connectivity index (χ1v) is 5.40. The second-order valence-electron chi connectivity index (χ2n) is 4.35. The summed E-state index contributed by atoms with van der Waals surface area (Å²) in [5.41, 5.74) is 0. The van der Waals surface area contributed by atoms with Crippen LogP contribution in [0.15, 0.2) is 12.7 Å². The van der Waals surface area contributed by atoms with E-state index in [2.05, 4.69) is 6.58 Å². The van der Waals surface area contributed by atoms with Gasteiger partial charge in [0.1, 0.15) is 6.61 Å². The fourth-order valence-corrected chi connectivity index (χ4v) is 2.69. The van der Waals surface area contributed by atoms with Gasteiger partial charge in [-0.05, 0) is 18.8 Å². The van der Waals surface area contributed by atoms with Crippen molar-refractivity contribution in [1.29, 1.82) is 0 Å². The molecule has 2 aliphatic rings. The zero-order valence-electron chi connectivity index (χ0n) is 8.96. The van der Waals surface area contributed by atoms with E-state index in [9.17, 15) is 9.59 Å². The van der Waals surface area contributed by atoms with Crippen LogP contribution < -0.4 is 0 Å². The van der Waals surface area contributed by atoms with Crippen molar-refractivity contribution in [2.45, 2.75) is 18.9 Å². The van der Waals surface area contributed by atoms with E-state index in [1.807, 2.05) is 0 Å². The quantitative estimate of drug-likeness (QED) is 0.730. The van der Waals surface area contributed by atoms with E-state index in [-0.39, 0.29) is 30.6 Å². The summed E-state index contributed by atoms with van der Waals surface area (Å²) >= 11 is 0. The summed E-state index contributed by atoms with van der Waals surface area (Å²) in [5.74, 6) is -0.932. The zero-order chi connectivity index (χ0) is 11.7. The Kier molecular flexibility index (Phi) is 2.85. The number of aliphatic carboxylic acids is 1. The molecule has 5 heteroatoms. The van der Waals surface area contributed by atoms with Crippen LogP contribution in [0.4, 0.5) is 4.79 Å². The average molecular weight is 225 g/mol. The number of rotatable bonds is 3. The van der Waals surface area contributed by atoms with E-state index in [0.717, 1.165) is 6.42 Å². The number of hydrogen-bond acceptors (Lipinski definition) is 3. The number of carbonyl (C=O) groups is 2. The summed E-state index contributed by atoms with van der Waals surface area (Å²) in [6, 6.07) is 0.0448. The number of nitrogens with zero attached hydrogens (tertiary/aromatic N) is 1. The summed E-state index contributed by atoms with van der Waals surface area (Å²) < 4.78 is 4.94. The normalized spacial score (nSPS) is 31.5. The van der Waals surface area contributed by atoms with Crippen molar-refractivity contribution in [3.05, 3.63) is 12.7 Å². The van der Waals surface area contributed by atoms with Crippen LogP contribution in [0.2, 0.25) is 0 Å². The number of piperidine rings is 1. The lowest BCUT2D eigenvalue weighted by molar-refractivity contribution is -0.143. The molecule has 1 saturated carbocycles. The molecule has 1 aliphatic heterocycles. The third-order valence-electron chi connectivity index (χ3n) is 3.42. The lowest BCUT2D eigenvalue weighted by Crippen LogP contribution is -2.41. The molecule has 1 saturated heterocycles. The summed E-state index contributed by atoms with van der Waals surface area (Å²) in [5, 5.41) is 8.95. The highest BCUT2D eigenvalue weighted by molar-refractivity contribution is 5.73. The van der Waals surface area contributed by atoms with Gasteiger partial charge >= 0.3 is 12.1 Å². The third-order valence-corrected chi connectivity index (χ3v) is 3.42.